The molecule has 0 spiro atoms. The number of amides is 2. The molecule has 1 unspecified atom stereocenters. The lowest BCUT2D eigenvalue weighted by Crippen LogP contribution is -2.47. The maximum atomic E-state index is 13.4. The Morgan fingerprint density at radius 1 is 0.949 bits per heavy atom. The normalized spacial score (nSPS) is 14.0. The number of nitrogens with one attached hydrogen (secondary N) is 2. The average Bonchev–Trinajstić information content (AvgIpc) is 3.74. The van der Waals surface area contributed by atoms with Gasteiger partial charge in [0, 0.05) is 30.6 Å². The van der Waals surface area contributed by atoms with Gasteiger partial charge in [-0.15, -0.1) is 0 Å². The van der Waals surface area contributed by atoms with Gasteiger partial charge in [-0.05, 0) is 79.3 Å². The zero-order valence-electron chi connectivity index (χ0n) is 21.6. The molecular weight excluding hydrogens is 541 g/mol. The summed E-state index contributed by atoms with van der Waals surface area (Å²) in [5.41, 5.74) is 2.37. The summed E-state index contributed by atoms with van der Waals surface area (Å²) in [5, 5.41) is 3.46. The van der Waals surface area contributed by atoms with Crippen molar-refractivity contribution >= 4 is 33.4 Å². The van der Waals surface area contributed by atoms with E-state index in [1.54, 1.807) is 43.3 Å². The molecule has 4 rings (SSSR count). The highest BCUT2D eigenvalue weighted by atomic mass is 35.5. The van der Waals surface area contributed by atoms with Gasteiger partial charge in [0.1, 0.15) is 11.9 Å². The van der Waals surface area contributed by atoms with Crippen molar-refractivity contribution in [3.63, 3.8) is 0 Å². The number of aryl methyl sites for hydroxylation is 1. The van der Waals surface area contributed by atoms with Crippen LogP contribution in [-0.2, 0) is 39.1 Å². The van der Waals surface area contributed by atoms with E-state index < -0.39 is 16.1 Å². The molecule has 0 radical (unpaired) electrons. The molecule has 39 heavy (non-hydrogen) atoms. The second-order valence-corrected chi connectivity index (χ2v) is 11.9. The van der Waals surface area contributed by atoms with Crippen LogP contribution in [0.25, 0.3) is 0 Å². The van der Waals surface area contributed by atoms with Crippen LogP contribution in [0.4, 0.5) is 4.39 Å². The van der Waals surface area contributed by atoms with Gasteiger partial charge in [-0.2, -0.15) is 0 Å². The summed E-state index contributed by atoms with van der Waals surface area (Å²) < 4.78 is 40.9. The van der Waals surface area contributed by atoms with Crippen molar-refractivity contribution in [3.05, 3.63) is 100 Å². The fourth-order valence-electron chi connectivity index (χ4n) is 4.03. The predicted octanol–water partition coefficient (Wildman–Crippen LogP) is 4.59. The van der Waals surface area contributed by atoms with Crippen molar-refractivity contribution in [1.82, 2.24) is 14.9 Å². The molecule has 1 aliphatic carbocycles. The van der Waals surface area contributed by atoms with Gasteiger partial charge >= 0.3 is 0 Å². The van der Waals surface area contributed by atoms with Crippen molar-refractivity contribution in [2.24, 2.45) is 0 Å². The third kappa shape index (κ3) is 8.36. The SMILES string of the molecule is CC(C(=O)NCc1ccc(Cl)cc1)N(Cc1ccc(F)cc1)C(=O)CCc1ccc(S(=O)(=O)NC2CC2)cc1. The van der Waals surface area contributed by atoms with Gasteiger partial charge in [-0.25, -0.2) is 17.5 Å². The lowest BCUT2D eigenvalue weighted by molar-refractivity contribution is -0.140. The van der Waals surface area contributed by atoms with Crippen LogP contribution >= 0.6 is 11.6 Å². The molecule has 1 saturated carbocycles. The van der Waals surface area contributed by atoms with E-state index in [0.717, 1.165) is 24.0 Å². The summed E-state index contributed by atoms with van der Waals surface area (Å²) in [5.74, 6) is -0.957. The number of benzene rings is 3. The highest BCUT2D eigenvalue weighted by molar-refractivity contribution is 7.89. The van der Waals surface area contributed by atoms with Crippen LogP contribution in [0.2, 0.25) is 5.02 Å². The molecule has 0 aliphatic heterocycles. The molecule has 206 valence electrons. The number of nitrogens with zero attached hydrogens (tertiary/aromatic N) is 1. The van der Waals surface area contributed by atoms with E-state index in [1.807, 2.05) is 12.1 Å². The Morgan fingerprint density at radius 3 is 2.15 bits per heavy atom. The Morgan fingerprint density at radius 2 is 1.54 bits per heavy atom. The number of carbonyl (C=O) groups is 2. The minimum absolute atomic E-state index is 0.0183. The molecule has 1 fully saturated rings. The van der Waals surface area contributed by atoms with E-state index in [0.29, 0.717) is 17.0 Å². The number of halogens is 2. The van der Waals surface area contributed by atoms with Gasteiger partial charge in [0.25, 0.3) is 0 Å². The number of carbonyl (C=O) groups excluding carboxylic acids is 2. The lowest BCUT2D eigenvalue weighted by atomic mass is 10.1. The number of rotatable bonds is 12. The summed E-state index contributed by atoms with van der Waals surface area (Å²) in [6.45, 7) is 2.08. The maximum Gasteiger partial charge on any atom is 0.242 e. The Labute approximate surface area is 233 Å². The van der Waals surface area contributed by atoms with Crippen LogP contribution in [0, 0.1) is 5.82 Å². The zero-order chi connectivity index (χ0) is 28.0. The standard InChI is InChI=1S/C29H31ClFN3O4S/c1-20(29(36)32-18-22-2-9-24(30)10-3-22)34(19-23-4-11-25(31)12-5-23)28(35)17-8-21-6-15-27(16-7-21)39(37,38)33-26-13-14-26/h2-7,9-12,15-16,20,26,33H,8,13-14,17-19H2,1H3,(H,32,36). The Bertz CT molecular complexity index is 1390. The zero-order valence-corrected chi connectivity index (χ0v) is 23.1. The van der Waals surface area contributed by atoms with Crippen LogP contribution in [0.15, 0.2) is 77.7 Å². The van der Waals surface area contributed by atoms with Crippen molar-refractivity contribution in [3.8, 4) is 0 Å². The highest BCUT2D eigenvalue weighted by Crippen LogP contribution is 2.22. The van der Waals surface area contributed by atoms with Crippen LogP contribution < -0.4 is 10.0 Å². The fraction of sp³-hybridized carbons (Fsp3) is 0.310. The van der Waals surface area contributed by atoms with Gasteiger partial charge in [0.2, 0.25) is 21.8 Å². The number of hydrogen-bond acceptors (Lipinski definition) is 4. The largest absolute Gasteiger partial charge is 0.350 e. The molecule has 10 heteroatoms. The number of sulfonamides is 1. The molecule has 1 aliphatic rings. The first-order valence-corrected chi connectivity index (χ1v) is 14.6. The van der Waals surface area contributed by atoms with E-state index in [-0.39, 0.29) is 48.1 Å². The summed E-state index contributed by atoms with van der Waals surface area (Å²) >= 11 is 5.93. The van der Waals surface area contributed by atoms with E-state index in [2.05, 4.69) is 10.0 Å². The Balaban J connectivity index is 1.41. The summed E-state index contributed by atoms with van der Waals surface area (Å²) in [4.78, 5) is 28.0. The van der Waals surface area contributed by atoms with Gasteiger partial charge in [-0.3, -0.25) is 9.59 Å². The average molecular weight is 572 g/mol. The molecule has 0 bridgehead atoms. The van der Waals surface area contributed by atoms with Crippen LogP contribution in [-0.4, -0.2) is 37.2 Å². The monoisotopic (exact) mass is 571 g/mol. The Kier molecular flexibility index (Phi) is 9.37. The van der Waals surface area contributed by atoms with E-state index in [1.165, 1.54) is 29.2 Å². The molecule has 7 nitrogen and oxygen atoms in total. The predicted molar refractivity (Wildman–Crippen MR) is 148 cm³/mol. The first-order valence-electron chi connectivity index (χ1n) is 12.8. The molecule has 3 aromatic carbocycles. The van der Waals surface area contributed by atoms with Gasteiger partial charge in [-0.1, -0.05) is 48.0 Å². The molecular formula is C29H31ClFN3O4S. The van der Waals surface area contributed by atoms with Gasteiger partial charge in [0.05, 0.1) is 4.90 Å². The maximum absolute atomic E-state index is 13.4. The van der Waals surface area contributed by atoms with E-state index in [4.69, 9.17) is 11.6 Å². The molecule has 0 heterocycles. The first-order chi connectivity index (χ1) is 18.6. The van der Waals surface area contributed by atoms with Crippen molar-refractivity contribution in [1.29, 1.82) is 0 Å². The van der Waals surface area contributed by atoms with Crippen LogP contribution in [0.5, 0.6) is 0 Å². The highest BCUT2D eigenvalue weighted by Gasteiger charge is 2.28. The quantitative estimate of drug-likeness (QED) is 0.332. The van der Waals surface area contributed by atoms with Crippen LogP contribution in [0.1, 0.15) is 42.9 Å². The molecule has 2 N–H and O–H groups in total. The third-order valence-corrected chi connectivity index (χ3v) is 8.36. The van der Waals surface area contributed by atoms with Crippen molar-refractivity contribution in [2.75, 3.05) is 0 Å². The smallest absolute Gasteiger partial charge is 0.242 e. The second-order valence-electron chi connectivity index (χ2n) is 9.71. The van der Waals surface area contributed by atoms with Crippen molar-refractivity contribution < 1.29 is 22.4 Å². The van der Waals surface area contributed by atoms with E-state index in [9.17, 15) is 22.4 Å². The first kappa shape index (κ1) is 28.7. The molecule has 0 aromatic heterocycles. The molecule has 2 amide bonds. The van der Waals surface area contributed by atoms with Crippen LogP contribution in [0.3, 0.4) is 0 Å². The summed E-state index contributed by atoms with van der Waals surface area (Å²) in [7, 11) is -3.55. The summed E-state index contributed by atoms with van der Waals surface area (Å²) in [6, 6.07) is 18.6. The summed E-state index contributed by atoms with van der Waals surface area (Å²) in [6.07, 6.45) is 2.19. The second kappa shape index (κ2) is 12.7. The van der Waals surface area contributed by atoms with Gasteiger partial charge in [0.15, 0.2) is 0 Å². The fourth-order valence-corrected chi connectivity index (χ4v) is 5.46. The minimum atomic E-state index is -3.55. The Hall–Kier alpha value is -3.27. The number of hydrogen-bond donors (Lipinski definition) is 2. The van der Waals surface area contributed by atoms with E-state index >= 15 is 0 Å². The van der Waals surface area contributed by atoms with Gasteiger partial charge < -0.3 is 10.2 Å². The third-order valence-electron chi connectivity index (χ3n) is 6.57. The lowest BCUT2D eigenvalue weighted by Gasteiger charge is -2.29. The topological polar surface area (TPSA) is 95.6 Å². The molecule has 0 saturated heterocycles. The molecule has 3 aromatic rings. The minimum Gasteiger partial charge on any atom is -0.350 e. The van der Waals surface area contributed by atoms with Crippen molar-refractivity contribution in [2.45, 2.75) is 62.7 Å². The molecule has 1 atom stereocenters.